The van der Waals surface area contributed by atoms with Gasteiger partial charge in [-0.2, -0.15) is 0 Å². The monoisotopic (exact) mass is 915 g/mol. The van der Waals surface area contributed by atoms with E-state index >= 15 is 0 Å². The maximum Gasteiger partial charge on any atom is 0.306 e. The van der Waals surface area contributed by atoms with Gasteiger partial charge in [-0.05, 0) is 89.9 Å². The van der Waals surface area contributed by atoms with Crippen molar-refractivity contribution in [3.8, 4) is 0 Å². The molecule has 0 rings (SSSR count). The molecule has 1 unspecified atom stereocenters. The molecule has 0 radical (unpaired) electrons. The molecule has 0 aromatic rings. The zero-order valence-electron chi connectivity index (χ0n) is 42.7. The van der Waals surface area contributed by atoms with E-state index in [-0.39, 0.29) is 31.1 Å². The normalized spacial score (nSPS) is 13.0. The summed E-state index contributed by atoms with van der Waals surface area (Å²) in [6, 6.07) is 0. The molecule has 0 spiro atoms. The standard InChI is InChI=1S/C60H98O6/c1-4-7-10-13-16-19-22-25-28-29-30-33-35-38-41-44-47-50-53-59(62)65-56-57(66-60(63)54-51-48-45-42-39-36-32-27-24-21-18-15-12-9-6-3)55-64-58(61)52-49-46-43-40-37-34-31-26-23-20-17-14-11-8-5-2/h10,13,16-30,33,57H,4-9,11-12,14-15,31-32,34-56H2,1-3H3/b13-10-,19-16-,20-17-,21-18-,25-22-,26-23-,27-24-,29-28-,33-30-. The topological polar surface area (TPSA) is 78.9 Å². The van der Waals surface area contributed by atoms with E-state index in [1.165, 1.54) is 89.9 Å². The fraction of sp³-hybridized carbons (Fsp3) is 0.650. The lowest BCUT2D eigenvalue weighted by molar-refractivity contribution is -0.167. The van der Waals surface area contributed by atoms with Crippen LogP contribution in [0.4, 0.5) is 0 Å². The number of carbonyl (C=O) groups is 3. The molecule has 6 nitrogen and oxygen atoms in total. The van der Waals surface area contributed by atoms with Gasteiger partial charge in [0, 0.05) is 19.3 Å². The van der Waals surface area contributed by atoms with Crippen molar-refractivity contribution in [3.05, 3.63) is 109 Å². The Hall–Kier alpha value is -3.93. The van der Waals surface area contributed by atoms with Crippen molar-refractivity contribution >= 4 is 17.9 Å². The molecular formula is C60H98O6. The highest BCUT2D eigenvalue weighted by Gasteiger charge is 2.19. The molecule has 0 aliphatic rings. The second kappa shape index (κ2) is 53.7. The zero-order chi connectivity index (χ0) is 47.9. The fourth-order valence-corrected chi connectivity index (χ4v) is 7.04. The molecule has 0 saturated heterocycles. The van der Waals surface area contributed by atoms with Gasteiger partial charge in [-0.1, -0.05) is 233 Å². The van der Waals surface area contributed by atoms with Crippen LogP contribution in [0, 0.1) is 0 Å². The Morgan fingerprint density at radius 1 is 0.303 bits per heavy atom. The van der Waals surface area contributed by atoms with Gasteiger partial charge >= 0.3 is 17.9 Å². The van der Waals surface area contributed by atoms with Gasteiger partial charge in [0.25, 0.3) is 0 Å². The van der Waals surface area contributed by atoms with Crippen molar-refractivity contribution in [1.82, 2.24) is 0 Å². The van der Waals surface area contributed by atoms with Crippen LogP contribution in [0.1, 0.15) is 233 Å². The lowest BCUT2D eigenvalue weighted by Crippen LogP contribution is -2.30. The molecule has 374 valence electrons. The first kappa shape index (κ1) is 62.1. The predicted molar refractivity (Wildman–Crippen MR) is 283 cm³/mol. The van der Waals surface area contributed by atoms with Gasteiger partial charge in [0.2, 0.25) is 0 Å². The molecule has 0 N–H and O–H groups in total. The summed E-state index contributed by atoms with van der Waals surface area (Å²) < 4.78 is 16.8. The Morgan fingerprint density at radius 3 is 0.924 bits per heavy atom. The molecule has 66 heavy (non-hydrogen) atoms. The Kier molecular flexibility index (Phi) is 50.5. The molecule has 0 bridgehead atoms. The molecule has 0 aliphatic carbocycles. The van der Waals surface area contributed by atoms with E-state index in [2.05, 4.69) is 106 Å². The van der Waals surface area contributed by atoms with E-state index in [1.807, 2.05) is 24.3 Å². The van der Waals surface area contributed by atoms with Gasteiger partial charge in [0.15, 0.2) is 6.10 Å². The number of rotatable bonds is 47. The number of ether oxygens (including phenoxy) is 3. The minimum absolute atomic E-state index is 0.0995. The second-order valence-electron chi connectivity index (χ2n) is 17.6. The number of esters is 3. The Morgan fingerprint density at radius 2 is 0.576 bits per heavy atom. The lowest BCUT2D eigenvalue weighted by Gasteiger charge is -2.18. The number of hydrogen-bond donors (Lipinski definition) is 0. The molecule has 0 aromatic carbocycles. The maximum absolute atomic E-state index is 12.8. The van der Waals surface area contributed by atoms with Crippen molar-refractivity contribution in [2.24, 2.45) is 0 Å². The van der Waals surface area contributed by atoms with E-state index in [0.29, 0.717) is 19.3 Å². The molecule has 0 amide bonds. The third-order valence-corrected chi connectivity index (χ3v) is 11.1. The fourth-order valence-electron chi connectivity index (χ4n) is 7.04. The Bertz CT molecular complexity index is 1370. The summed E-state index contributed by atoms with van der Waals surface area (Å²) in [5, 5.41) is 0. The van der Waals surface area contributed by atoms with Crippen LogP contribution in [0.2, 0.25) is 0 Å². The van der Waals surface area contributed by atoms with Crippen LogP contribution in [0.5, 0.6) is 0 Å². The average Bonchev–Trinajstić information content (AvgIpc) is 3.31. The van der Waals surface area contributed by atoms with Gasteiger partial charge in [-0.25, -0.2) is 0 Å². The van der Waals surface area contributed by atoms with Crippen molar-refractivity contribution in [3.63, 3.8) is 0 Å². The average molecular weight is 915 g/mol. The first-order valence-corrected chi connectivity index (χ1v) is 27.0. The highest BCUT2D eigenvalue weighted by molar-refractivity contribution is 5.71. The van der Waals surface area contributed by atoms with Crippen LogP contribution in [-0.4, -0.2) is 37.2 Å². The number of carbonyl (C=O) groups excluding carboxylic acids is 3. The molecule has 0 fully saturated rings. The molecular weight excluding hydrogens is 817 g/mol. The van der Waals surface area contributed by atoms with E-state index in [1.54, 1.807) is 0 Å². The molecule has 6 heteroatoms. The molecule has 0 aromatic heterocycles. The third-order valence-electron chi connectivity index (χ3n) is 11.1. The quantitative estimate of drug-likeness (QED) is 0.0262. The van der Waals surface area contributed by atoms with E-state index in [9.17, 15) is 14.4 Å². The van der Waals surface area contributed by atoms with E-state index in [0.717, 1.165) is 103 Å². The van der Waals surface area contributed by atoms with Crippen molar-refractivity contribution in [2.45, 2.75) is 239 Å². The number of hydrogen-bond acceptors (Lipinski definition) is 6. The van der Waals surface area contributed by atoms with E-state index < -0.39 is 6.10 Å². The van der Waals surface area contributed by atoms with Gasteiger partial charge in [0.1, 0.15) is 13.2 Å². The van der Waals surface area contributed by atoms with Gasteiger partial charge in [0.05, 0.1) is 0 Å². The zero-order valence-corrected chi connectivity index (χ0v) is 42.7. The Balaban J connectivity index is 4.50. The van der Waals surface area contributed by atoms with Crippen LogP contribution < -0.4 is 0 Å². The van der Waals surface area contributed by atoms with Crippen LogP contribution >= 0.6 is 0 Å². The van der Waals surface area contributed by atoms with E-state index in [4.69, 9.17) is 14.2 Å². The minimum atomic E-state index is -0.802. The minimum Gasteiger partial charge on any atom is -0.462 e. The third kappa shape index (κ3) is 51.1. The highest BCUT2D eigenvalue weighted by atomic mass is 16.6. The largest absolute Gasteiger partial charge is 0.462 e. The first-order valence-electron chi connectivity index (χ1n) is 27.0. The molecule has 1 atom stereocenters. The molecule has 0 saturated carbocycles. The molecule has 0 aliphatic heterocycles. The van der Waals surface area contributed by atoms with Crippen molar-refractivity contribution in [2.75, 3.05) is 13.2 Å². The lowest BCUT2D eigenvalue weighted by atomic mass is 10.1. The van der Waals surface area contributed by atoms with Gasteiger partial charge in [-0.3, -0.25) is 14.4 Å². The van der Waals surface area contributed by atoms with Crippen LogP contribution in [0.25, 0.3) is 0 Å². The van der Waals surface area contributed by atoms with Crippen molar-refractivity contribution in [1.29, 1.82) is 0 Å². The second-order valence-corrected chi connectivity index (χ2v) is 17.6. The van der Waals surface area contributed by atoms with Gasteiger partial charge in [-0.15, -0.1) is 0 Å². The SMILES string of the molecule is CCC\C=C/C=C\C=C/C=C\C=C/CCCCCCCC(=O)OCC(COC(=O)CCCCCCCC/C=C\C=C/CCCCC)OC(=O)CCCCCCCC/C=C\C=C/CCCCC. The van der Waals surface area contributed by atoms with Crippen molar-refractivity contribution < 1.29 is 28.6 Å². The van der Waals surface area contributed by atoms with Crippen LogP contribution in [-0.2, 0) is 28.6 Å². The first-order chi connectivity index (χ1) is 32.5. The number of allylic oxidation sites excluding steroid dienone is 18. The smallest absolute Gasteiger partial charge is 0.306 e. The summed E-state index contributed by atoms with van der Waals surface area (Å²) in [6.45, 7) is 6.44. The Labute approximate surface area is 406 Å². The summed E-state index contributed by atoms with van der Waals surface area (Å²) in [5.74, 6) is -0.950. The molecule has 0 heterocycles. The summed E-state index contributed by atoms with van der Waals surface area (Å²) >= 11 is 0. The number of unbranched alkanes of at least 4 members (excludes halogenated alkanes) is 24. The van der Waals surface area contributed by atoms with Crippen LogP contribution in [0.3, 0.4) is 0 Å². The highest BCUT2D eigenvalue weighted by Crippen LogP contribution is 2.14. The predicted octanol–water partition coefficient (Wildman–Crippen LogP) is 17.9. The summed E-state index contributed by atoms with van der Waals surface area (Å²) in [4.78, 5) is 38.1. The van der Waals surface area contributed by atoms with Gasteiger partial charge < -0.3 is 14.2 Å². The summed E-state index contributed by atoms with van der Waals surface area (Å²) in [7, 11) is 0. The maximum atomic E-state index is 12.8. The van der Waals surface area contributed by atoms with Crippen LogP contribution in [0.15, 0.2) is 109 Å². The summed E-state index contributed by atoms with van der Waals surface area (Å²) in [6.07, 6.45) is 72.0. The summed E-state index contributed by atoms with van der Waals surface area (Å²) in [5.41, 5.74) is 0.